The Labute approximate surface area is 235 Å². The molecule has 1 saturated carbocycles. The first-order valence-corrected chi connectivity index (χ1v) is 14.3. The smallest absolute Gasteiger partial charge is 0.471 e. The summed E-state index contributed by atoms with van der Waals surface area (Å²) in [7, 11) is 0. The second kappa shape index (κ2) is 10.5. The zero-order valence-electron chi connectivity index (χ0n) is 21.7. The monoisotopic (exact) mass is 586 g/mol. The quantitative estimate of drug-likeness (QED) is 0.235. The molecule has 2 aromatic heterocycles. The van der Waals surface area contributed by atoms with Gasteiger partial charge in [0, 0.05) is 37.0 Å². The van der Waals surface area contributed by atoms with Gasteiger partial charge >= 0.3 is 12.1 Å². The van der Waals surface area contributed by atoms with E-state index >= 15 is 4.39 Å². The number of carbonyl (C=O) groups is 1. The number of nitrogens with zero attached hydrogens (tertiary/aromatic N) is 4. The number of fused-ring (bicyclic) bond motifs is 2. The van der Waals surface area contributed by atoms with Gasteiger partial charge < -0.3 is 19.8 Å². The van der Waals surface area contributed by atoms with E-state index in [0.29, 0.717) is 33.5 Å². The number of rotatable bonds is 5. The molecular weight excluding hydrogens is 560 g/mol. The van der Waals surface area contributed by atoms with Crippen molar-refractivity contribution in [1.29, 1.82) is 0 Å². The Kier molecular flexibility index (Phi) is 7.02. The number of amides is 1. The van der Waals surface area contributed by atoms with Gasteiger partial charge in [0.15, 0.2) is 10.7 Å². The largest absolute Gasteiger partial charge is 0.588 e. The molecule has 4 aromatic rings. The number of nitrogens with one attached hydrogen (secondary N) is 1. The summed E-state index contributed by atoms with van der Waals surface area (Å²) in [4.78, 5) is 21.2. The van der Waals surface area contributed by atoms with E-state index in [9.17, 15) is 22.5 Å². The average molecular weight is 587 g/mol. The molecule has 1 aliphatic heterocycles. The average Bonchev–Trinajstić information content (AvgIpc) is 3.61. The number of hydrogen-bond acceptors (Lipinski definition) is 6. The van der Waals surface area contributed by atoms with Crippen LogP contribution in [0.25, 0.3) is 22.2 Å². The van der Waals surface area contributed by atoms with Crippen LogP contribution in [0.2, 0.25) is 0 Å². The van der Waals surface area contributed by atoms with E-state index in [1.54, 1.807) is 18.2 Å². The molecule has 0 saturated heterocycles. The van der Waals surface area contributed by atoms with Gasteiger partial charge in [0.1, 0.15) is 34.8 Å². The SMILES string of the molecule is Nc1ncnc2c1c(-c1ccc(N[S+]([O-])c3ccc4c(c3)CN(C(=O)C(F)(F)F)CC4)c(F)c1)cn2C1CCCC1. The lowest BCUT2D eigenvalue weighted by Gasteiger charge is -2.29. The minimum absolute atomic E-state index is 0.0116. The van der Waals surface area contributed by atoms with Crippen molar-refractivity contribution in [1.82, 2.24) is 19.4 Å². The Hall–Kier alpha value is -3.84. The first-order valence-electron chi connectivity index (χ1n) is 13.2. The van der Waals surface area contributed by atoms with E-state index in [-0.39, 0.29) is 36.1 Å². The Morgan fingerprint density at radius 2 is 1.88 bits per heavy atom. The van der Waals surface area contributed by atoms with Gasteiger partial charge in [0.25, 0.3) is 0 Å². The van der Waals surface area contributed by atoms with E-state index in [4.69, 9.17) is 5.73 Å². The Morgan fingerprint density at radius 3 is 2.61 bits per heavy atom. The van der Waals surface area contributed by atoms with Crippen LogP contribution < -0.4 is 10.5 Å². The number of anilines is 2. The summed E-state index contributed by atoms with van der Waals surface area (Å²) < 4.78 is 71.9. The second-order valence-corrected chi connectivity index (χ2v) is 11.5. The summed E-state index contributed by atoms with van der Waals surface area (Å²) in [6, 6.07) is 9.51. The maximum absolute atomic E-state index is 15.3. The van der Waals surface area contributed by atoms with Crippen LogP contribution in [0.3, 0.4) is 0 Å². The van der Waals surface area contributed by atoms with Gasteiger partial charge in [-0.1, -0.05) is 25.0 Å². The molecule has 1 aliphatic carbocycles. The van der Waals surface area contributed by atoms with Gasteiger partial charge in [-0.05, 0) is 54.2 Å². The van der Waals surface area contributed by atoms with Crippen molar-refractivity contribution < 1.29 is 26.9 Å². The van der Waals surface area contributed by atoms with E-state index in [1.165, 1.54) is 24.5 Å². The van der Waals surface area contributed by atoms with E-state index in [2.05, 4.69) is 19.3 Å². The summed E-state index contributed by atoms with van der Waals surface area (Å²) >= 11 is -1.92. The van der Waals surface area contributed by atoms with Crippen molar-refractivity contribution in [2.24, 2.45) is 0 Å². The number of halogens is 4. The maximum atomic E-state index is 15.3. The van der Waals surface area contributed by atoms with Crippen LogP contribution in [-0.4, -0.2) is 42.6 Å². The van der Waals surface area contributed by atoms with Crippen molar-refractivity contribution in [3.63, 3.8) is 0 Å². The standard InChI is InChI=1S/C28H26F4N6O2S/c29-22-12-17(21-14-38(19-3-1-2-4-19)26-24(21)25(33)34-15-35-26)6-8-23(22)36-41(40)20-7-5-16-9-10-37(13-18(16)11-20)27(39)28(30,31)32/h5-8,11-12,14-15,19,36H,1-4,9-10,13H2,(H2,33,34,35). The van der Waals surface area contributed by atoms with Gasteiger partial charge in [0.2, 0.25) is 0 Å². The van der Waals surface area contributed by atoms with Crippen molar-refractivity contribution >= 4 is 39.8 Å². The predicted octanol–water partition coefficient (Wildman–Crippen LogP) is 5.52. The van der Waals surface area contributed by atoms with Crippen LogP contribution in [0, 0.1) is 5.82 Å². The molecule has 2 aromatic carbocycles. The highest BCUT2D eigenvalue weighted by molar-refractivity contribution is 7.92. The minimum Gasteiger partial charge on any atom is -0.588 e. The van der Waals surface area contributed by atoms with Crippen LogP contribution in [0.5, 0.6) is 0 Å². The van der Waals surface area contributed by atoms with E-state index < -0.39 is 29.3 Å². The van der Waals surface area contributed by atoms with Gasteiger partial charge in [-0.15, -0.1) is 0 Å². The summed E-state index contributed by atoms with van der Waals surface area (Å²) in [6.07, 6.45) is 2.94. The summed E-state index contributed by atoms with van der Waals surface area (Å²) in [5.74, 6) is -2.25. The second-order valence-electron chi connectivity index (χ2n) is 10.3. The molecule has 3 heterocycles. The summed E-state index contributed by atoms with van der Waals surface area (Å²) in [5, 5.41) is 0.648. The van der Waals surface area contributed by atoms with E-state index in [1.807, 2.05) is 6.20 Å². The Balaban J connectivity index is 1.24. The van der Waals surface area contributed by atoms with Crippen LogP contribution >= 0.6 is 0 Å². The van der Waals surface area contributed by atoms with Crippen LogP contribution in [-0.2, 0) is 29.1 Å². The highest BCUT2D eigenvalue weighted by atomic mass is 32.2. The molecule has 0 spiro atoms. The van der Waals surface area contributed by atoms with Crippen LogP contribution in [0.4, 0.5) is 29.1 Å². The number of nitrogens with two attached hydrogens (primary N) is 1. The maximum Gasteiger partial charge on any atom is 0.471 e. The third-order valence-electron chi connectivity index (χ3n) is 7.77. The van der Waals surface area contributed by atoms with E-state index in [0.717, 1.165) is 36.1 Å². The number of benzene rings is 2. The lowest BCUT2D eigenvalue weighted by Crippen LogP contribution is -2.43. The van der Waals surface area contributed by atoms with Gasteiger partial charge in [-0.2, -0.15) is 13.2 Å². The lowest BCUT2D eigenvalue weighted by molar-refractivity contribution is -0.186. The highest BCUT2D eigenvalue weighted by Gasteiger charge is 2.43. The number of aromatic nitrogens is 3. The molecule has 1 unspecified atom stereocenters. The molecule has 0 bridgehead atoms. The first kappa shape index (κ1) is 27.3. The molecule has 1 fully saturated rings. The van der Waals surface area contributed by atoms with Crippen LogP contribution in [0.1, 0.15) is 42.9 Å². The lowest BCUT2D eigenvalue weighted by atomic mass is 10.00. The molecular formula is C28H26F4N6O2S. The van der Waals surface area contributed by atoms with Crippen molar-refractivity contribution in [3.8, 4) is 11.1 Å². The molecule has 0 radical (unpaired) electrons. The Morgan fingerprint density at radius 1 is 1.10 bits per heavy atom. The fourth-order valence-corrected chi connectivity index (χ4v) is 6.64. The van der Waals surface area contributed by atoms with Gasteiger partial charge in [-0.3, -0.25) is 4.79 Å². The Bertz CT molecular complexity index is 1640. The molecule has 214 valence electrons. The van der Waals surface area contributed by atoms with Crippen molar-refractivity contribution in [2.75, 3.05) is 17.0 Å². The van der Waals surface area contributed by atoms with Crippen molar-refractivity contribution in [2.45, 2.75) is 55.8 Å². The molecule has 13 heteroatoms. The highest BCUT2D eigenvalue weighted by Crippen LogP contribution is 2.39. The number of nitrogen functional groups attached to an aromatic ring is 1. The third-order valence-corrected chi connectivity index (χ3v) is 8.86. The number of hydrogen-bond donors (Lipinski definition) is 2. The molecule has 1 atom stereocenters. The molecule has 2 aliphatic rings. The number of carbonyl (C=O) groups excluding carboxylic acids is 1. The predicted molar refractivity (Wildman–Crippen MR) is 146 cm³/mol. The topological polar surface area (TPSA) is 112 Å². The zero-order valence-corrected chi connectivity index (χ0v) is 22.6. The minimum atomic E-state index is -4.96. The first-order chi connectivity index (χ1) is 19.6. The van der Waals surface area contributed by atoms with Gasteiger partial charge in [-0.25, -0.2) is 19.1 Å². The fraction of sp³-hybridized carbons (Fsp3) is 0.321. The molecule has 3 N–H and O–H groups in total. The zero-order chi connectivity index (χ0) is 28.9. The third kappa shape index (κ3) is 5.19. The molecule has 1 amide bonds. The summed E-state index contributed by atoms with van der Waals surface area (Å²) in [5.41, 5.74) is 9.40. The fourth-order valence-electron chi connectivity index (χ4n) is 5.71. The normalized spacial score (nSPS) is 16.7. The molecule has 41 heavy (non-hydrogen) atoms. The van der Waals surface area contributed by atoms with Crippen LogP contribution in [0.15, 0.2) is 53.8 Å². The van der Waals surface area contributed by atoms with Crippen molar-refractivity contribution in [3.05, 3.63) is 65.9 Å². The number of alkyl halides is 3. The molecule has 8 nitrogen and oxygen atoms in total. The summed E-state index contributed by atoms with van der Waals surface area (Å²) in [6.45, 7) is -0.302. The molecule has 6 rings (SSSR count). The van der Waals surface area contributed by atoms with Gasteiger partial charge in [0.05, 0.1) is 5.39 Å².